The Kier molecular flexibility index (Phi) is 4.91. The van der Waals surface area contributed by atoms with Gasteiger partial charge in [-0.05, 0) is 49.4 Å². The molecule has 112 valence electrons. The van der Waals surface area contributed by atoms with Crippen molar-refractivity contribution in [3.05, 3.63) is 24.3 Å². The van der Waals surface area contributed by atoms with Gasteiger partial charge < -0.3 is 4.90 Å². The van der Waals surface area contributed by atoms with Gasteiger partial charge in [-0.25, -0.2) is 8.42 Å². The lowest BCUT2D eigenvalue weighted by molar-refractivity contribution is 0.438. The van der Waals surface area contributed by atoms with Crippen LogP contribution in [-0.4, -0.2) is 27.3 Å². The van der Waals surface area contributed by atoms with Gasteiger partial charge in [0.25, 0.3) is 0 Å². The van der Waals surface area contributed by atoms with Crippen LogP contribution in [0.5, 0.6) is 0 Å². The van der Waals surface area contributed by atoms with Crippen LogP contribution in [0.15, 0.2) is 24.3 Å². The fraction of sp³-hybridized carbons (Fsp3) is 0.600. The molecule has 0 aliphatic carbocycles. The molecule has 1 heterocycles. The van der Waals surface area contributed by atoms with Crippen LogP contribution in [0.3, 0.4) is 0 Å². The van der Waals surface area contributed by atoms with Crippen molar-refractivity contribution in [2.24, 2.45) is 5.92 Å². The van der Waals surface area contributed by atoms with Gasteiger partial charge in [0.05, 0.1) is 5.75 Å². The highest BCUT2D eigenvalue weighted by molar-refractivity contribution is 7.92. The van der Waals surface area contributed by atoms with Crippen molar-refractivity contribution in [2.45, 2.75) is 33.1 Å². The molecule has 1 aromatic carbocycles. The molecule has 0 amide bonds. The van der Waals surface area contributed by atoms with E-state index in [2.05, 4.69) is 16.5 Å². The van der Waals surface area contributed by atoms with Crippen LogP contribution < -0.4 is 9.62 Å². The van der Waals surface area contributed by atoms with E-state index in [0.29, 0.717) is 12.1 Å². The number of benzene rings is 1. The fourth-order valence-corrected chi connectivity index (χ4v) is 3.64. The van der Waals surface area contributed by atoms with Crippen molar-refractivity contribution in [1.82, 2.24) is 0 Å². The molecule has 4 nitrogen and oxygen atoms in total. The van der Waals surface area contributed by atoms with E-state index < -0.39 is 10.0 Å². The van der Waals surface area contributed by atoms with Crippen molar-refractivity contribution in [3.63, 3.8) is 0 Å². The molecule has 1 saturated heterocycles. The molecule has 0 saturated carbocycles. The normalized spacial score (nSPS) is 17.2. The molecule has 1 aliphatic heterocycles. The largest absolute Gasteiger partial charge is 0.372 e. The Bertz CT molecular complexity index is 517. The Morgan fingerprint density at radius 1 is 1.20 bits per heavy atom. The molecular formula is C15H24N2O2S. The summed E-state index contributed by atoms with van der Waals surface area (Å²) < 4.78 is 26.0. The minimum atomic E-state index is -3.19. The molecule has 5 heteroatoms. The first kappa shape index (κ1) is 15.2. The second-order valence-electron chi connectivity index (χ2n) is 5.64. The molecule has 2 rings (SSSR count). The summed E-state index contributed by atoms with van der Waals surface area (Å²) in [5.41, 5.74) is 1.82. The highest BCUT2D eigenvalue weighted by Gasteiger charge is 2.16. The predicted octanol–water partition coefficient (Wildman–Crippen LogP) is 3.07. The van der Waals surface area contributed by atoms with E-state index in [1.807, 2.05) is 31.2 Å². The summed E-state index contributed by atoms with van der Waals surface area (Å²) in [4.78, 5) is 2.37. The van der Waals surface area contributed by atoms with Gasteiger partial charge in [0, 0.05) is 24.5 Å². The first-order valence-electron chi connectivity index (χ1n) is 7.35. The topological polar surface area (TPSA) is 49.4 Å². The van der Waals surface area contributed by atoms with Crippen LogP contribution >= 0.6 is 0 Å². The summed E-state index contributed by atoms with van der Waals surface area (Å²) in [6, 6.07) is 7.70. The molecule has 20 heavy (non-hydrogen) atoms. The van der Waals surface area contributed by atoms with E-state index >= 15 is 0 Å². The quantitative estimate of drug-likeness (QED) is 0.908. The maximum Gasteiger partial charge on any atom is 0.232 e. The fourth-order valence-electron chi connectivity index (χ4n) is 2.51. The minimum Gasteiger partial charge on any atom is -0.372 e. The summed E-state index contributed by atoms with van der Waals surface area (Å²) in [6.07, 6.45) is 3.08. The summed E-state index contributed by atoms with van der Waals surface area (Å²) in [5, 5.41) is 0. The van der Waals surface area contributed by atoms with Crippen molar-refractivity contribution in [3.8, 4) is 0 Å². The lowest BCUT2D eigenvalue weighted by atomic mass is 9.99. The summed E-state index contributed by atoms with van der Waals surface area (Å²) in [6.45, 7) is 6.33. The average Bonchev–Trinajstić information content (AvgIpc) is 2.40. The van der Waals surface area contributed by atoms with Crippen LogP contribution in [-0.2, 0) is 10.0 Å². The smallest absolute Gasteiger partial charge is 0.232 e. The van der Waals surface area contributed by atoms with Crippen molar-refractivity contribution in [2.75, 3.05) is 28.5 Å². The minimum absolute atomic E-state index is 0.165. The molecule has 0 bridgehead atoms. The van der Waals surface area contributed by atoms with E-state index in [1.54, 1.807) is 0 Å². The average molecular weight is 296 g/mol. The van der Waals surface area contributed by atoms with E-state index in [4.69, 9.17) is 0 Å². The predicted molar refractivity (Wildman–Crippen MR) is 84.8 cm³/mol. The van der Waals surface area contributed by atoms with Gasteiger partial charge >= 0.3 is 0 Å². The Labute approximate surface area is 122 Å². The summed E-state index contributed by atoms with van der Waals surface area (Å²) in [5.74, 6) is 0.977. The van der Waals surface area contributed by atoms with Crippen LogP contribution in [0.25, 0.3) is 0 Å². The zero-order chi connectivity index (χ0) is 14.6. The van der Waals surface area contributed by atoms with Gasteiger partial charge in [0.2, 0.25) is 10.0 Å². The number of sulfonamides is 1. The van der Waals surface area contributed by atoms with E-state index in [9.17, 15) is 8.42 Å². The lowest BCUT2D eigenvalue weighted by Crippen LogP contribution is -2.32. The Morgan fingerprint density at radius 3 is 2.35 bits per heavy atom. The van der Waals surface area contributed by atoms with Gasteiger partial charge in [-0.1, -0.05) is 13.8 Å². The van der Waals surface area contributed by atoms with Crippen LogP contribution in [0, 0.1) is 5.92 Å². The molecular weight excluding hydrogens is 272 g/mol. The zero-order valence-corrected chi connectivity index (χ0v) is 13.1. The van der Waals surface area contributed by atoms with Crippen molar-refractivity contribution in [1.29, 1.82) is 0 Å². The van der Waals surface area contributed by atoms with Gasteiger partial charge in [0.1, 0.15) is 0 Å². The maximum atomic E-state index is 11.7. The van der Waals surface area contributed by atoms with Crippen LogP contribution in [0.2, 0.25) is 0 Å². The molecule has 0 atom stereocenters. The number of hydrogen-bond donors (Lipinski definition) is 1. The van der Waals surface area contributed by atoms with E-state index in [0.717, 1.165) is 19.0 Å². The van der Waals surface area contributed by atoms with Crippen LogP contribution in [0.1, 0.15) is 33.1 Å². The second-order valence-corrected chi connectivity index (χ2v) is 7.48. The van der Waals surface area contributed by atoms with E-state index in [-0.39, 0.29) is 5.75 Å². The third-order valence-corrected chi connectivity index (χ3v) is 5.25. The molecule has 0 aromatic heterocycles. The standard InChI is InChI=1S/C15H24N2O2S/c1-3-12-20(18,19)16-14-4-6-15(7-5-14)17-10-8-13(2)9-11-17/h4-7,13,16H,3,8-12H2,1-2H3. The second kappa shape index (κ2) is 6.48. The van der Waals surface area contributed by atoms with Crippen molar-refractivity contribution >= 4 is 21.4 Å². The number of hydrogen-bond acceptors (Lipinski definition) is 3. The van der Waals surface area contributed by atoms with Crippen LogP contribution in [0.4, 0.5) is 11.4 Å². The Morgan fingerprint density at radius 2 is 1.80 bits per heavy atom. The number of rotatable bonds is 5. The molecule has 0 spiro atoms. The first-order chi connectivity index (χ1) is 9.50. The van der Waals surface area contributed by atoms with Gasteiger partial charge in [-0.15, -0.1) is 0 Å². The molecule has 1 aromatic rings. The molecule has 0 unspecified atom stereocenters. The number of nitrogens with zero attached hydrogens (tertiary/aromatic N) is 1. The monoisotopic (exact) mass is 296 g/mol. The molecule has 0 radical (unpaired) electrons. The summed E-state index contributed by atoms with van der Waals surface area (Å²) in [7, 11) is -3.19. The molecule has 1 fully saturated rings. The third kappa shape index (κ3) is 4.13. The molecule has 1 aliphatic rings. The maximum absolute atomic E-state index is 11.7. The molecule has 1 N–H and O–H groups in total. The first-order valence-corrected chi connectivity index (χ1v) is 9.01. The van der Waals surface area contributed by atoms with Gasteiger partial charge in [0.15, 0.2) is 0 Å². The Hall–Kier alpha value is -1.23. The number of piperidine rings is 1. The zero-order valence-electron chi connectivity index (χ0n) is 12.3. The SMILES string of the molecule is CCCS(=O)(=O)Nc1ccc(N2CCC(C)CC2)cc1. The number of nitrogens with one attached hydrogen (secondary N) is 1. The lowest BCUT2D eigenvalue weighted by Gasteiger charge is -2.32. The summed E-state index contributed by atoms with van der Waals surface area (Å²) >= 11 is 0. The van der Waals surface area contributed by atoms with Gasteiger partial charge in [-0.2, -0.15) is 0 Å². The third-order valence-electron chi connectivity index (χ3n) is 3.76. The Balaban J connectivity index is 1.99. The highest BCUT2D eigenvalue weighted by atomic mass is 32.2. The van der Waals surface area contributed by atoms with E-state index in [1.165, 1.54) is 18.5 Å². The highest BCUT2D eigenvalue weighted by Crippen LogP contribution is 2.24. The van der Waals surface area contributed by atoms with Crippen molar-refractivity contribution < 1.29 is 8.42 Å². The number of anilines is 2. The van der Waals surface area contributed by atoms with Gasteiger partial charge in [-0.3, -0.25) is 4.72 Å².